The number of carbonyl (C=O) groups excluding carboxylic acids is 1. The number of thiazole rings is 1. The summed E-state index contributed by atoms with van der Waals surface area (Å²) in [5.41, 5.74) is 2.99. The van der Waals surface area contributed by atoms with Crippen LogP contribution < -0.4 is 4.80 Å². The topological polar surface area (TPSA) is 68.5 Å². The Hall–Kier alpha value is -1.96. The second-order valence-corrected chi connectivity index (χ2v) is 10.1. The Bertz CT molecular complexity index is 1210. The molecule has 0 fully saturated rings. The Labute approximate surface area is 173 Å². The molecule has 0 saturated heterocycles. The fourth-order valence-electron chi connectivity index (χ4n) is 3.00. The number of carbonyl (C=O) groups is 1. The molecule has 1 heterocycles. The average Bonchev–Trinajstić information content (AvgIpc) is 2.97. The van der Waals surface area contributed by atoms with Crippen molar-refractivity contribution in [3.05, 3.63) is 57.3 Å². The van der Waals surface area contributed by atoms with Crippen LogP contribution in [0.1, 0.15) is 24.5 Å². The second kappa shape index (κ2) is 8.19. The molecule has 1 aromatic heterocycles. The Morgan fingerprint density at radius 1 is 1.18 bits per heavy atom. The zero-order chi connectivity index (χ0) is 20.5. The molecule has 0 N–H and O–H groups in total. The number of sulfone groups is 1. The molecule has 0 bridgehead atoms. The van der Waals surface area contributed by atoms with Crippen LogP contribution in [0.4, 0.5) is 0 Å². The number of amides is 1. The highest BCUT2D eigenvalue weighted by Gasteiger charge is 2.17. The maximum absolute atomic E-state index is 12.4. The SMILES string of the molecule is CCn1c(=NC(=O)CCS(=O)(=O)c2ccc(C)cc2)sc2cc(Cl)cc(C)c21. The van der Waals surface area contributed by atoms with E-state index in [9.17, 15) is 13.2 Å². The van der Waals surface area contributed by atoms with Crippen LogP contribution in [0.2, 0.25) is 5.02 Å². The summed E-state index contributed by atoms with van der Waals surface area (Å²) in [5.74, 6) is -0.714. The van der Waals surface area contributed by atoms with E-state index < -0.39 is 15.7 Å². The minimum Gasteiger partial charge on any atom is -0.316 e. The average molecular weight is 437 g/mol. The molecular formula is C20H21ClN2O3S2. The largest absolute Gasteiger partial charge is 0.316 e. The maximum Gasteiger partial charge on any atom is 0.249 e. The number of hydrogen-bond donors (Lipinski definition) is 0. The van der Waals surface area contributed by atoms with Crippen molar-refractivity contribution in [3.63, 3.8) is 0 Å². The lowest BCUT2D eigenvalue weighted by molar-refractivity contribution is -0.117. The van der Waals surface area contributed by atoms with Crippen molar-refractivity contribution in [3.8, 4) is 0 Å². The Balaban J connectivity index is 1.87. The third-order valence-electron chi connectivity index (χ3n) is 4.43. The molecule has 3 rings (SSSR count). The molecule has 1 amide bonds. The maximum atomic E-state index is 12.4. The molecule has 0 atom stereocenters. The van der Waals surface area contributed by atoms with Crippen LogP contribution >= 0.6 is 22.9 Å². The van der Waals surface area contributed by atoms with E-state index in [1.54, 1.807) is 24.3 Å². The molecule has 5 nitrogen and oxygen atoms in total. The van der Waals surface area contributed by atoms with Crippen molar-refractivity contribution in [2.24, 2.45) is 4.99 Å². The quantitative estimate of drug-likeness (QED) is 0.599. The van der Waals surface area contributed by atoms with Gasteiger partial charge in [-0.25, -0.2) is 8.42 Å². The standard InChI is InChI=1S/C20H21ClN2O3S2/c1-4-23-19-14(3)11-15(21)12-17(19)27-20(23)22-18(24)9-10-28(25,26)16-7-5-13(2)6-8-16/h5-8,11-12H,4,9-10H2,1-3H3. The van der Waals surface area contributed by atoms with E-state index in [0.29, 0.717) is 16.4 Å². The van der Waals surface area contributed by atoms with Crippen molar-refractivity contribution in [1.82, 2.24) is 4.57 Å². The van der Waals surface area contributed by atoms with Crippen molar-refractivity contribution in [1.29, 1.82) is 0 Å². The van der Waals surface area contributed by atoms with Crippen molar-refractivity contribution >= 4 is 48.9 Å². The van der Waals surface area contributed by atoms with Gasteiger partial charge in [-0.15, -0.1) is 0 Å². The number of hydrogen-bond acceptors (Lipinski definition) is 4. The molecule has 2 aromatic carbocycles. The lowest BCUT2D eigenvalue weighted by Gasteiger charge is -2.04. The summed E-state index contributed by atoms with van der Waals surface area (Å²) in [7, 11) is -3.52. The number of nitrogens with zero attached hydrogens (tertiary/aromatic N) is 2. The van der Waals surface area contributed by atoms with Crippen LogP contribution in [0, 0.1) is 13.8 Å². The Morgan fingerprint density at radius 3 is 2.50 bits per heavy atom. The van der Waals surface area contributed by atoms with E-state index in [4.69, 9.17) is 11.6 Å². The summed E-state index contributed by atoms with van der Waals surface area (Å²) in [6.45, 7) is 6.48. The molecular weight excluding hydrogens is 416 g/mol. The molecule has 0 saturated carbocycles. The molecule has 0 radical (unpaired) electrons. The summed E-state index contributed by atoms with van der Waals surface area (Å²) in [5, 5.41) is 0.636. The van der Waals surface area contributed by atoms with Gasteiger partial charge in [0.1, 0.15) is 0 Å². The van der Waals surface area contributed by atoms with Gasteiger partial charge in [0.2, 0.25) is 5.91 Å². The van der Waals surface area contributed by atoms with E-state index in [-0.39, 0.29) is 17.1 Å². The second-order valence-electron chi connectivity index (χ2n) is 6.59. The highest BCUT2D eigenvalue weighted by Crippen LogP contribution is 2.25. The van der Waals surface area contributed by atoms with E-state index in [1.165, 1.54) is 11.3 Å². The third kappa shape index (κ3) is 4.37. The summed E-state index contributed by atoms with van der Waals surface area (Å²) in [6.07, 6.45) is -0.159. The summed E-state index contributed by atoms with van der Waals surface area (Å²) < 4.78 is 27.8. The summed E-state index contributed by atoms with van der Waals surface area (Å²) in [6, 6.07) is 10.3. The Morgan fingerprint density at radius 2 is 1.86 bits per heavy atom. The van der Waals surface area contributed by atoms with E-state index in [0.717, 1.165) is 21.3 Å². The molecule has 3 aromatic rings. The first-order chi connectivity index (χ1) is 13.2. The normalized spacial score (nSPS) is 12.6. The van der Waals surface area contributed by atoms with Crippen LogP contribution in [0.15, 0.2) is 46.3 Å². The van der Waals surface area contributed by atoms with Crippen LogP contribution in [0.25, 0.3) is 10.2 Å². The smallest absolute Gasteiger partial charge is 0.249 e. The minimum atomic E-state index is -3.52. The molecule has 0 spiro atoms. The molecule has 28 heavy (non-hydrogen) atoms. The fourth-order valence-corrected chi connectivity index (χ4v) is 5.80. The molecule has 0 aliphatic rings. The van der Waals surface area contributed by atoms with E-state index >= 15 is 0 Å². The summed E-state index contributed by atoms with van der Waals surface area (Å²) >= 11 is 7.51. The number of benzene rings is 2. The van der Waals surface area contributed by atoms with Crippen LogP contribution in [-0.2, 0) is 21.2 Å². The monoisotopic (exact) mass is 436 g/mol. The van der Waals surface area contributed by atoms with Crippen molar-refractivity contribution in [2.45, 2.75) is 38.6 Å². The fraction of sp³-hybridized carbons (Fsp3) is 0.300. The minimum absolute atomic E-state index is 0.159. The van der Waals surface area contributed by atoms with Crippen LogP contribution in [-0.4, -0.2) is 24.6 Å². The first-order valence-corrected chi connectivity index (χ1v) is 11.7. The Kier molecular flexibility index (Phi) is 6.07. The first-order valence-electron chi connectivity index (χ1n) is 8.87. The molecule has 0 aliphatic heterocycles. The van der Waals surface area contributed by atoms with Crippen molar-refractivity contribution in [2.75, 3.05) is 5.75 Å². The van der Waals surface area contributed by atoms with Gasteiger partial charge in [-0.3, -0.25) is 4.79 Å². The first kappa shape index (κ1) is 20.8. The van der Waals surface area contributed by atoms with Gasteiger partial charge >= 0.3 is 0 Å². The zero-order valence-corrected chi connectivity index (χ0v) is 18.3. The highest BCUT2D eigenvalue weighted by atomic mass is 35.5. The number of aromatic nitrogens is 1. The number of fused-ring (bicyclic) bond motifs is 1. The predicted molar refractivity (Wildman–Crippen MR) is 114 cm³/mol. The van der Waals surface area contributed by atoms with Gasteiger partial charge in [0.25, 0.3) is 0 Å². The van der Waals surface area contributed by atoms with Gasteiger partial charge in [-0.2, -0.15) is 4.99 Å². The van der Waals surface area contributed by atoms with Gasteiger partial charge < -0.3 is 4.57 Å². The van der Waals surface area contributed by atoms with Gasteiger partial charge in [0.05, 0.1) is 20.9 Å². The highest BCUT2D eigenvalue weighted by molar-refractivity contribution is 7.91. The van der Waals surface area contributed by atoms with Gasteiger partial charge in [0, 0.05) is 18.0 Å². The van der Waals surface area contributed by atoms with Gasteiger partial charge in [-0.1, -0.05) is 40.6 Å². The predicted octanol–water partition coefficient (Wildman–Crippen LogP) is 4.28. The summed E-state index contributed by atoms with van der Waals surface area (Å²) in [4.78, 5) is 17.3. The van der Waals surface area contributed by atoms with Crippen LogP contribution in [0.3, 0.4) is 0 Å². The number of halogens is 1. The lowest BCUT2D eigenvalue weighted by atomic mass is 10.2. The number of aryl methyl sites for hydroxylation is 3. The van der Waals surface area contributed by atoms with Gasteiger partial charge in [0.15, 0.2) is 14.6 Å². The third-order valence-corrected chi connectivity index (χ3v) is 7.41. The van der Waals surface area contributed by atoms with Gasteiger partial charge in [-0.05, 0) is 50.6 Å². The molecule has 8 heteroatoms. The lowest BCUT2D eigenvalue weighted by Crippen LogP contribution is -2.17. The number of rotatable bonds is 5. The molecule has 148 valence electrons. The van der Waals surface area contributed by atoms with E-state index in [1.807, 2.05) is 37.5 Å². The molecule has 0 aliphatic carbocycles. The van der Waals surface area contributed by atoms with Crippen LogP contribution in [0.5, 0.6) is 0 Å². The zero-order valence-electron chi connectivity index (χ0n) is 15.9. The van der Waals surface area contributed by atoms with Crippen molar-refractivity contribution < 1.29 is 13.2 Å². The van der Waals surface area contributed by atoms with E-state index in [2.05, 4.69) is 4.99 Å². The molecule has 0 unspecified atom stereocenters.